The van der Waals surface area contributed by atoms with Crippen LogP contribution in [0.15, 0.2) is 35.4 Å². The fourth-order valence-electron chi connectivity index (χ4n) is 1.92. The van der Waals surface area contributed by atoms with E-state index >= 15 is 0 Å². The average Bonchev–Trinajstić information content (AvgIpc) is 2.85. The van der Waals surface area contributed by atoms with Crippen molar-refractivity contribution >= 4 is 27.5 Å². The lowest BCUT2D eigenvalue weighted by molar-refractivity contribution is 0.0523. The number of sulfone groups is 1. The molecule has 0 bridgehead atoms. The Morgan fingerprint density at radius 1 is 1.26 bits per heavy atom. The minimum absolute atomic E-state index is 0.0271. The molecule has 1 aromatic carbocycles. The van der Waals surface area contributed by atoms with Crippen molar-refractivity contribution in [2.75, 3.05) is 18.6 Å². The molecule has 1 aromatic heterocycles. The van der Waals surface area contributed by atoms with E-state index in [4.69, 9.17) is 10.5 Å². The molecule has 2 rings (SSSR count). The number of hydrogen-bond donors (Lipinski definition) is 1. The van der Waals surface area contributed by atoms with E-state index in [9.17, 15) is 18.0 Å². The quantitative estimate of drug-likeness (QED) is 0.816. The van der Waals surface area contributed by atoms with Crippen LogP contribution in [0.25, 0.3) is 0 Å². The maximum absolute atomic E-state index is 12.4. The first-order valence-electron chi connectivity index (χ1n) is 6.62. The Labute approximate surface area is 132 Å². The summed E-state index contributed by atoms with van der Waals surface area (Å²) >= 11 is 0. The molecule has 122 valence electrons. The first-order valence-corrected chi connectivity index (χ1v) is 8.52. The number of aromatic nitrogens is 2. The van der Waals surface area contributed by atoms with Gasteiger partial charge in [0.05, 0.1) is 6.61 Å². The maximum Gasteiger partial charge on any atom is 0.344 e. The van der Waals surface area contributed by atoms with E-state index in [1.54, 1.807) is 25.1 Å². The highest BCUT2D eigenvalue weighted by Crippen LogP contribution is 2.23. The number of nitrogens with zero attached hydrogens (tertiary/aromatic N) is 2. The lowest BCUT2D eigenvalue weighted by Crippen LogP contribution is -2.17. The number of carbonyl (C=O) groups is 2. The molecule has 0 saturated carbocycles. The number of esters is 1. The fraction of sp³-hybridized carbons (Fsp3) is 0.214. The van der Waals surface area contributed by atoms with Crippen molar-refractivity contribution in [1.29, 1.82) is 0 Å². The van der Waals surface area contributed by atoms with Gasteiger partial charge < -0.3 is 10.5 Å². The Kier molecular flexibility index (Phi) is 4.50. The first kappa shape index (κ1) is 16.7. The van der Waals surface area contributed by atoms with Crippen molar-refractivity contribution in [2.24, 2.45) is 0 Å². The summed E-state index contributed by atoms with van der Waals surface area (Å²) in [5.41, 5.74) is 5.60. The molecule has 0 unspecified atom stereocenters. The molecule has 0 atom stereocenters. The van der Waals surface area contributed by atoms with Gasteiger partial charge in [-0.25, -0.2) is 13.2 Å². The van der Waals surface area contributed by atoms with Gasteiger partial charge in [-0.2, -0.15) is 9.78 Å². The Morgan fingerprint density at radius 2 is 1.87 bits per heavy atom. The Bertz CT molecular complexity index is 856. The summed E-state index contributed by atoms with van der Waals surface area (Å²) in [6.45, 7) is 1.59. The number of nitrogens with two attached hydrogens (primary N) is 1. The molecule has 0 fully saturated rings. The third-order valence-electron chi connectivity index (χ3n) is 2.93. The van der Waals surface area contributed by atoms with E-state index in [2.05, 4.69) is 5.10 Å². The van der Waals surface area contributed by atoms with Crippen LogP contribution in [0.3, 0.4) is 0 Å². The molecule has 0 saturated heterocycles. The van der Waals surface area contributed by atoms with Crippen molar-refractivity contribution in [2.45, 2.75) is 11.9 Å². The van der Waals surface area contributed by atoms with Gasteiger partial charge in [0.25, 0.3) is 5.91 Å². The first-order chi connectivity index (χ1) is 10.8. The van der Waals surface area contributed by atoms with E-state index in [1.807, 2.05) is 0 Å². The number of hydrogen-bond acceptors (Lipinski definition) is 7. The summed E-state index contributed by atoms with van der Waals surface area (Å²) < 4.78 is 29.2. The van der Waals surface area contributed by atoms with Crippen LogP contribution >= 0.6 is 0 Å². The second kappa shape index (κ2) is 6.21. The maximum atomic E-state index is 12.4. The molecule has 0 aliphatic carbocycles. The van der Waals surface area contributed by atoms with Crippen LogP contribution < -0.4 is 5.73 Å². The topological polar surface area (TPSA) is 121 Å². The Hall–Kier alpha value is -2.68. The van der Waals surface area contributed by atoms with Gasteiger partial charge in [0.15, 0.2) is 14.9 Å². The van der Waals surface area contributed by atoms with Crippen molar-refractivity contribution in [3.05, 3.63) is 41.5 Å². The van der Waals surface area contributed by atoms with Gasteiger partial charge in [0, 0.05) is 11.8 Å². The summed E-state index contributed by atoms with van der Waals surface area (Å²) in [5, 5.41) is 3.13. The molecule has 8 nitrogen and oxygen atoms in total. The largest absolute Gasteiger partial charge is 0.462 e. The van der Waals surface area contributed by atoms with Crippen LogP contribution in [-0.4, -0.2) is 42.9 Å². The normalized spacial score (nSPS) is 11.2. The molecule has 9 heteroatoms. The van der Waals surface area contributed by atoms with Crippen LogP contribution in [0.2, 0.25) is 0 Å². The number of carbonyl (C=O) groups excluding carboxylic acids is 2. The second-order valence-electron chi connectivity index (χ2n) is 4.64. The summed E-state index contributed by atoms with van der Waals surface area (Å²) in [5.74, 6) is -1.97. The zero-order chi connectivity index (χ0) is 17.2. The lowest BCUT2D eigenvalue weighted by atomic mass is 10.2. The zero-order valence-electron chi connectivity index (χ0n) is 12.5. The third-order valence-corrected chi connectivity index (χ3v) is 3.92. The fourth-order valence-corrected chi connectivity index (χ4v) is 2.71. The van der Waals surface area contributed by atoms with Gasteiger partial charge in [0.1, 0.15) is 11.4 Å². The van der Waals surface area contributed by atoms with Crippen molar-refractivity contribution < 1.29 is 22.7 Å². The van der Waals surface area contributed by atoms with E-state index in [1.165, 1.54) is 12.1 Å². The van der Waals surface area contributed by atoms with Crippen LogP contribution in [0.4, 0.5) is 5.82 Å². The molecule has 2 N–H and O–H groups in total. The monoisotopic (exact) mass is 337 g/mol. The third kappa shape index (κ3) is 3.24. The predicted octanol–water partition coefficient (Wildman–Crippen LogP) is 0.734. The molecular formula is C14H15N3O5S. The van der Waals surface area contributed by atoms with Gasteiger partial charge in [-0.3, -0.25) is 4.79 Å². The standard InChI is InChI=1S/C14H15N3O5S/c1-3-22-14(19)10-11(15)17(16-12(10)23(2,20)21)13(18)9-7-5-4-6-8-9/h4-8H,3,15H2,1-2H3. The number of ether oxygens (including phenoxy) is 1. The SMILES string of the molecule is CCOC(=O)c1c(S(C)(=O)=O)nn(C(=O)c2ccccc2)c1N. The number of benzene rings is 1. The van der Waals surface area contributed by atoms with E-state index in [0.717, 1.165) is 6.26 Å². The second-order valence-corrected chi connectivity index (χ2v) is 6.57. The Balaban J connectivity index is 2.64. The van der Waals surface area contributed by atoms with Crippen molar-refractivity contribution in [3.8, 4) is 0 Å². The Morgan fingerprint density at radius 3 is 2.39 bits per heavy atom. The molecule has 0 spiro atoms. The molecule has 23 heavy (non-hydrogen) atoms. The summed E-state index contributed by atoms with van der Waals surface area (Å²) in [4.78, 5) is 24.4. The van der Waals surface area contributed by atoms with Crippen LogP contribution in [0, 0.1) is 0 Å². The van der Waals surface area contributed by atoms with Crippen LogP contribution in [0.5, 0.6) is 0 Å². The predicted molar refractivity (Wildman–Crippen MR) is 81.9 cm³/mol. The van der Waals surface area contributed by atoms with E-state index < -0.39 is 32.3 Å². The van der Waals surface area contributed by atoms with Crippen molar-refractivity contribution in [1.82, 2.24) is 9.78 Å². The van der Waals surface area contributed by atoms with E-state index in [0.29, 0.717) is 4.68 Å². The van der Waals surface area contributed by atoms with Crippen LogP contribution in [0.1, 0.15) is 27.6 Å². The number of nitrogen functional groups attached to an aromatic ring is 1. The van der Waals surface area contributed by atoms with E-state index in [-0.39, 0.29) is 18.0 Å². The van der Waals surface area contributed by atoms with Crippen molar-refractivity contribution in [3.63, 3.8) is 0 Å². The zero-order valence-corrected chi connectivity index (χ0v) is 13.3. The highest BCUT2D eigenvalue weighted by atomic mass is 32.2. The van der Waals surface area contributed by atoms with Gasteiger partial charge in [-0.15, -0.1) is 0 Å². The molecule has 1 heterocycles. The van der Waals surface area contributed by atoms with Gasteiger partial charge >= 0.3 is 5.97 Å². The van der Waals surface area contributed by atoms with Gasteiger partial charge in [-0.1, -0.05) is 18.2 Å². The highest BCUT2D eigenvalue weighted by Gasteiger charge is 2.31. The summed E-state index contributed by atoms with van der Waals surface area (Å²) in [6, 6.07) is 8.03. The minimum Gasteiger partial charge on any atom is -0.462 e. The number of anilines is 1. The molecule has 0 radical (unpaired) electrons. The summed E-state index contributed by atoms with van der Waals surface area (Å²) in [6.07, 6.45) is 0.870. The van der Waals surface area contributed by atoms with Gasteiger partial charge in [0.2, 0.25) is 0 Å². The molecule has 2 aromatic rings. The number of rotatable bonds is 4. The molecule has 0 aliphatic heterocycles. The highest BCUT2D eigenvalue weighted by molar-refractivity contribution is 7.90. The smallest absolute Gasteiger partial charge is 0.344 e. The van der Waals surface area contributed by atoms with Gasteiger partial charge in [-0.05, 0) is 19.1 Å². The minimum atomic E-state index is -3.88. The summed E-state index contributed by atoms with van der Waals surface area (Å²) in [7, 11) is -3.88. The average molecular weight is 337 g/mol. The van der Waals surface area contributed by atoms with Crippen LogP contribution in [-0.2, 0) is 14.6 Å². The lowest BCUT2D eigenvalue weighted by Gasteiger charge is -2.04. The molecule has 0 aliphatic rings. The molecular weight excluding hydrogens is 322 g/mol. The molecule has 0 amide bonds.